The number of H-pyrrole nitrogens is 1. The van der Waals surface area contributed by atoms with Gasteiger partial charge in [0.1, 0.15) is 5.82 Å². The first-order valence-electron chi connectivity index (χ1n) is 7.74. The zero-order valence-corrected chi connectivity index (χ0v) is 14.4. The number of rotatable bonds is 5. The Morgan fingerprint density at radius 1 is 1.30 bits per heavy atom. The standard InChI is InChI=1S/C16H20Cl2N4O/c1-9-20-16(22-21-9)11-5-12(15(23)6-11)8-19-7-10-2-3-13(17)14(18)4-10/h2-4,11-12,15,19,23H,5-8H2,1H3,(H,20,21,22)/t11?,12-,15-/m1/s1. The summed E-state index contributed by atoms with van der Waals surface area (Å²) in [4.78, 5) is 4.38. The van der Waals surface area contributed by atoms with Crippen molar-refractivity contribution >= 4 is 23.2 Å². The predicted octanol–water partition coefficient (Wildman–Crippen LogP) is 3.06. The molecule has 2 aromatic rings. The molecule has 1 aliphatic rings. The van der Waals surface area contributed by atoms with Crippen molar-refractivity contribution in [2.45, 2.75) is 38.3 Å². The van der Waals surface area contributed by atoms with Gasteiger partial charge in [-0.1, -0.05) is 29.3 Å². The van der Waals surface area contributed by atoms with Crippen molar-refractivity contribution in [3.63, 3.8) is 0 Å². The number of nitrogens with one attached hydrogen (secondary N) is 2. The Morgan fingerprint density at radius 2 is 2.13 bits per heavy atom. The second-order valence-corrected chi connectivity index (χ2v) is 6.97. The third-order valence-electron chi connectivity index (χ3n) is 4.36. The number of aryl methyl sites for hydroxylation is 1. The molecule has 124 valence electrons. The van der Waals surface area contributed by atoms with Crippen LogP contribution in [0, 0.1) is 12.8 Å². The van der Waals surface area contributed by atoms with Gasteiger partial charge in [-0.15, -0.1) is 0 Å². The quantitative estimate of drug-likeness (QED) is 0.771. The van der Waals surface area contributed by atoms with Crippen LogP contribution in [-0.2, 0) is 6.54 Å². The van der Waals surface area contributed by atoms with Gasteiger partial charge in [-0.2, -0.15) is 5.10 Å². The van der Waals surface area contributed by atoms with Crippen LogP contribution in [0.5, 0.6) is 0 Å². The van der Waals surface area contributed by atoms with Crippen molar-refractivity contribution < 1.29 is 5.11 Å². The molecule has 1 saturated carbocycles. The number of aliphatic hydroxyl groups is 1. The zero-order chi connectivity index (χ0) is 16.4. The normalized spacial score (nSPS) is 24.3. The highest BCUT2D eigenvalue weighted by Crippen LogP contribution is 2.36. The molecule has 0 aliphatic heterocycles. The van der Waals surface area contributed by atoms with E-state index in [0.29, 0.717) is 16.6 Å². The van der Waals surface area contributed by atoms with Crippen molar-refractivity contribution in [3.05, 3.63) is 45.5 Å². The van der Waals surface area contributed by atoms with E-state index in [1.165, 1.54) is 0 Å². The maximum absolute atomic E-state index is 10.3. The average molecular weight is 355 g/mol. The lowest BCUT2D eigenvalue weighted by Gasteiger charge is -2.15. The van der Waals surface area contributed by atoms with Gasteiger partial charge < -0.3 is 10.4 Å². The number of nitrogens with zero attached hydrogens (tertiary/aromatic N) is 2. The Labute approximate surface area is 145 Å². The molecule has 5 nitrogen and oxygen atoms in total. The Morgan fingerprint density at radius 3 is 2.83 bits per heavy atom. The second-order valence-electron chi connectivity index (χ2n) is 6.15. The topological polar surface area (TPSA) is 73.8 Å². The number of aliphatic hydroxyl groups excluding tert-OH is 1. The lowest BCUT2D eigenvalue weighted by Crippen LogP contribution is -2.27. The van der Waals surface area contributed by atoms with Gasteiger partial charge in [0.05, 0.1) is 16.1 Å². The molecule has 0 bridgehead atoms. The molecule has 3 N–H and O–H groups in total. The van der Waals surface area contributed by atoms with E-state index in [1.54, 1.807) is 6.07 Å². The van der Waals surface area contributed by atoms with E-state index < -0.39 is 0 Å². The minimum absolute atomic E-state index is 0.210. The summed E-state index contributed by atoms with van der Waals surface area (Å²) >= 11 is 11.9. The minimum Gasteiger partial charge on any atom is -0.393 e. The number of aromatic nitrogens is 3. The number of hydrogen-bond acceptors (Lipinski definition) is 4. The molecule has 1 aromatic carbocycles. The molecule has 0 radical (unpaired) electrons. The monoisotopic (exact) mass is 354 g/mol. The van der Waals surface area contributed by atoms with Gasteiger partial charge in [-0.25, -0.2) is 4.98 Å². The van der Waals surface area contributed by atoms with Gasteiger partial charge in [0.2, 0.25) is 0 Å². The van der Waals surface area contributed by atoms with E-state index in [2.05, 4.69) is 20.5 Å². The van der Waals surface area contributed by atoms with Crippen LogP contribution in [0.25, 0.3) is 0 Å². The number of hydrogen-bond donors (Lipinski definition) is 3. The smallest absolute Gasteiger partial charge is 0.153 e. The number of aromatic amines is 1. The molecule has 1 aliphatic carbocycles. The largest absolute Gasteiger partial charge is 0.393 e. The maximum Gasteiger partial charge on any atom is 0.153 e. The van der Waals surface area contributed by atoms with Crippen LogP contribution in [0.4, 0.5) is 0 Å². The van der Waals surface area contributed by atoms with Crippen LogP contribution in [0.15, 0.2) is 18.2 Å². The molecule has 1 heterocycles. The van der Waals surface area contributed by atoms with Gasteiger partial charge in [0, 0.05) is 19.0 Å². The van der Waals surface area contributed by atoms with Crippen LogP contribution in [-0.4, -0.2) is 32.9 Å². The summed E-state index contributed by atoms with van der Waals surface area (Å²) in [5.74, 6) is 2.07. The van der Waals surface area contributed by atoms with Crippen LogP contribution in [0.3, 0.4) is 0 Å². The van der Waals surface area contributed by atoms with Gasteiger partial charge in [0.25, 0.3) is 0 Å². The maximum atomic E-state index is 10.3. The average Bonchev–Trinajstić information content (AvgIpc) is 3.09. The summed E-state index contributed by atoms with van der Waals surface area (Å²) in [5.41, 5.74) is 1.08. The highest BCUT2D eigenvalue weighted by atomic mass is 35.5. The fourth-order valence-corrected chi connectivity index (χ4v) is 3.45. The molecule has 1 fully saturated rings. The highest BCUT2D eigenvalue weighted by molar-refractivity contribution is 6.42. The van der Waals surface area contributed by atoms with Gasteiger partial charge in [-0.05, 0) is 43.4 Å². The zero-order valence-electron chi connectivity index (χ0n) is 12.9. The first-order chi connectivity index (χ1) is 11.0. The summed E-state index contributed by atoms with van der Waals surface area (Å²) in [7, 11) is 0. The summed E-state index contributed by atoms with van der Waals surface area (Å²) in [5, 5.41) is 21.9. The molecule has 3 atom stereocenters. The molecule has 23 heavy (non-hydrogen) atoms. The first kappa shape index (κ1) is 16.7. The van der Waals surface area contributed by atoms with Crippen LogP contribution in [0.2, 0.25) is 10.0 Å². The first-order valence-corrected chi connectivity index (χ1v) is 8.50. The van der Waals surface area contributed by atoms with E-state index in [9.17, 15) is 5.11 Å². The van der Waals surface area contributed by atoms with Crippen molar-refractivity contribution in [1.29, 1.82) is 0 Å². The Hall–Kier alpha value is -1.14. The molecule has 0 saturated heterocycles. The molecule has 0 amide bonds. The SMILES string of the molecule is Cc1nc(C2C[C@H](CNCc3ccc(Cl)c(Cl)c3)[C@H](O)C2)n[nH]1. The fourth-order valence-electron chi connectivity index (χ4n) is 3.13. The highest BCUT2D eigenvalue weighted by Gasteiger charge is 2.35. The van der Waals surface area contributed by atoms with Crippen molar-refractivity contribution in [1.82, 2.24) is 20.5 Å². The predicted molar refractivity (Wildman–Crippen MR) is 90.8 cm³/mol. The molecule has 1 unspecified atom stereocenters. The second kappa shape index (κ2) is 7.18. The van der Waals surface area contributed by atoms with Gasteiger partial charge in [-0.3, -0.25) is 5.10 Å². The third-order valence-corrected chi connectivity index (χ3v) is 5.10. The number of halogens is 2. The van der Waals surface area contributed by atoms with Crippen molar-refractivity contribution in [2.75, 3.05) is 6.54 Å². The lowest BCUT2D eigenvalue weighted by molar-refractivity contribution is 0.131. The van der Waals surface area contributed by atoms with Crippen LogP contribution in [0.1, 0.15) is 36.0 Å². The minimum atomic E-state index is -0.319. The van der Waals surface area contributed by atoms with Gasteiger partial charge >= 0.3 is 0 Å². The third kappa shape index (κ3) is 4.04. The van der Waals surface area contributed by atoms with E-state index in [4.69, 9.17) is 23.2 Å². The molecule has 7 heteroatoms. The molecular formula is C16H20Cl2N4O. The summed E-state index contributed by atoms with van der Waals surface area (Å²) in [6.45, 7) is 3.34. The fraction of sp³-hybridized carbons (Fsp3) is 0.500. The number of benzene rings is 1. The van der Waals surface area contributed by atoms with Crippen molar-refractivity contribution in [2.24, 2.45) is 5.92 Å². The Balaban J connectivity index is 1.51. The summed E-state index contributed by atoms with van der Waals surface area (Å²) in [6.07, 6.45) is 1.29. The van der Waals surface area contributed by atoms with Crippen LogP contribution >= 0.6 is 23.2 Å². The van der Waals surface area contributed by atoms with E-state index in [-0.39, 0.29) is 17.9 Å². The molecular weight excluding hydrogens is 335 g/mol. The summed E-state index contributed by atoms with van der Waals surface area (Å²) < 4.78 is 0. The Kier molecular flexibility index (Phi) is 5.21. The molecule has 1 aromatic heterocycles. The van der Waals surface area contributed by atoms with Crippen molar-refractivity contribution in [3.8, 4) is 0 Å². The van der Waals surface area contributed by atoms with E-state index in [0.717, 1.165) is 36.6 Å². The molecule has 3 rings (SSSR count). The van der Waals surface area contributed by atoms with E-state index in [1.807, 2.05) is 19.1 Å². The van der Waals surface area contributed by atoms with E-state index >= 15 is 0 Å². The van der Waals surface area contributed by atoms with Crippen LogP contribution < -0.4 is 5.32 Å². The molecule has 0 spiro atoms. The lowest BCUT2D eigenvalue weighted by atomic mass is 10.0. The van der Waals surface area contributed by atoms with Gasteiger partial charge in [0.15, 0.2) is 5.82 Å². The Bertz CT molecular complexity index is 676. The summed E-state index contributed by atoms with van der Waals surface area (Å²) in [6, 6.07) is 5.61.